The van der Waals surface area contributed by atoms with Crippen LogP contribution in [0.15, 0.2) is 23.4 Å². The molecule has 0 aliphatic rings. The summed E-state index contributed by atoms with van der Waals surface area (Å²) in [5.74, 6) is 0. The van der Waals surface area contributed by atoms with Crippen molar-refractivity contribution in [1.29, 1.82) is 0 Å². The Bertz CT molecular complexity index is 452. The first-order valence-corrected chi connectivity index (χ1v) is 7.60. The van der Waals surface area contributed by atoms with E-state index in [1.807, 2.05) is 20.8 Å². The predicted molar refractivity (Wildman–Crippen MR) is 72.7 cm³/mol. The lowest BCUT2D eigenvalue weighted by Crippen LogP contribution is -2.42. The maximum atomic E-state index is 12.4. The molecule has 0 bridgehead atoms. The number of nitrogens with two attached hydrogens (primary N) is 1. The number of hydrogen-bond donors (Lipinski definition) is 2. The van der Waals surface area contributed by atoms with Gasteiger partial charge in [0.2, 0.25) is 10.0 Å². The molecule has 3 N–H and O–H groups in total. The largest absolute Gasteiger partial charge is 0.366 e. The van der Waals surface area contributed by atoms with Gasteiger partial charge in [-0.3, -0.25) is 0 Å². The summed E-state index contributed by atoms with van der Waals surface area (Å²) in [7, 11) is -3.42. The molecule has 1 heterocycles. The molecular formula is C12H23N3O2S. The highest BCUT2D eigenvalue weighted by Gasteiger charge is 2.29. The van der Waals surface area contributed by atoms with Gasteiger partial charge in [0, 0.05) is 25.5 Å². The van der Waals surface area contributed by atoms with Crippen molar-refractivity contribution in [3.8, 4) is 0 Å². The Labute approximate surface area is 109 Å². The Morgan fingerprint density at radius 1 is 1.44 bits per heavy atom. The second-order valence-electron chi connectivity index (χ2n) is 5.25. The van der Waals surface area contributed by atoms with Crippen molar-refractivity contribution in [3.63, 3.8) is 0 Å². The maximum absolute atomic E-state index is 12.4. The van der Waals surface area contributed by atoms with Gasteiger partial charge in [0.05, 0.1) is 4.90 Å². The van der Waals surface area contributed by atoms with Crippen LogP contribution in [0.1, 0.15) is 27.2 Å². The second-order valence-corrected chi connectivity index (χ2v) is 7.19. The number of nitrogens with zero attached hydrogens (tertiary/aromatic N) is 1. The lowest BCUT2D eigenvalue weighted by atomic mass is 9.94. The molecule has 104 valence electrons. The molecule has 0 amide bonds. The number of aromatic amines is 1. The van der Waals surface area contributed by atoms with Crippen molar-refractivity contribution in [2.45, 2.75) is 32.1 Å². The summed E-state index contributed by atoms with van der Waals surface area (Å²) < 4.78 is 26.4. The van der Waals surface area contributed by atoms with Crippen LogP contribution in [0.3, 0.4) is 0 Å². The first-order chi connectivity index (χ1) is 8.33. The Morgan fingerprint density at radius 3 is 2.56 bits per heavy atom. The number of nitrogens with one attached hydrogen (secondary N) is 1. The topological polar surface area (TPSA) is 79.2 Å². The number of aromatic nitrogens is 1. The van der Waals surface area contributed by atoms with Crippen molar-refractivity contribution in [2.75, 3.05) is 19.6 Å². The Morgan fingerprint density at radius 2 is 2.11 bits per heavy atom. The van der Waals surface area contributed by atoms with E-state index in [1.54, 1.807) is 12.3 Å². The highest BCUT2D eigenvalue weighted by Crippen LogP contribution is 2.21. The molecule has 0 saturated carbocycles. The highest BCUT2D eigenvalue weighted by molar-refractivity contribution is 7.89. The zero-order valence-electron chi connectivity index (χ0n) is 11.3. The normalized spacial score (nSPS) is 13.2. The molecule has 0 unspecified atom stereocenters. The molecule has 1 aromatic rings. The van der Waals surface area contributed by atoms with Gasteiger partial charge in [-0.2, -0.15) is 4.31 Å². The fourth-order valence-electron chi connectivity index (χ4n) is 1.69. The van der Waals surface area contributed by atoms with Crippen molar-refractivity contribution in [3.05, 3.63) is 18.5 Å². The summed E-state index contributed by atoms with van der Waals surface area (Å²) in [5, 5.41) is 0. The zero-order valence-corrected chi connectivity index (χ0v) is 12.1. The van der Waals surface area contributed by atoms with Crippen molar-refractivity contribution >= 4 is 10.0 Å². The zero-order chi connectivity index (χ0) is 13.8. The molecule has 1 aromatic heterocycles. The van der Waals surface area contributed by atoms with Crippen LogP contribution in [-0.4, -0.2) is 37.3 Å². The van der Waals surface area contributed by atoms with Gasteiger partial charge in [-0.05, 0) is 24.4 Å². The smallest absolute Gasteiger partial charge is 0.244 e. The standard InChI is InChI=1S/C12H23N3O2S/c1-4-7-15(10-12(2,3)9-13)18(16,17)11-5-6-14-8-11/h5-6,8,14H,4,7,9-10,13H2,1-3H3. The third-order valence-electron chi connectivity index (χ3n) is 2.84. The van der Waals surface area contributed by atoms with Gasteiger partial charge in [0.1, 0.15) is 0 Å². The van der Waals surface area contributed by atoms with Gasteiger partial charge in [-0.25, -0.2) is 8.42 Å². The first-order valence-electron chi connectivity index (χ1n) is 6.16. The molecule has 0 aromatic carbocycles. The molecule has 0 atom stereocenters. The molecule has 0 spiro atoms. The van der Waals surface area contributed by atoms with Gasteiger partial charge in [0.25, 0.3) is 0 Å². The predicted octanol–water partition coefficient (Wildman–Crippen LogP) is 1.40. The number of rotatable bonds is 7. The van der Waals surface area contributed by atoms with Crippen LogP contribution >= 0.6 is 0 Å². The first kappa shape index (κ1) is 15.2. The number of hydrogen-bond acceptors (Lipinski definition) is 3. The summed E-state index contributed by atoms with van der Waals surface area (Å²) in [6, 6.07) is 1.58. The molecule has 0 radical (unpaired) electrons. The molecule has 0 saturated heterocycles. The molecule has 0 aliphatic heterocycles. The van der Waals surface area contributed by atoms with Gasteiger partial charge >= 0.3 is 0 Å². The fourth-order valence-corrected chi connectivity index (χ4v) is 3.39. The third kappa shape index (κ3) is 3.57. The summed E-state index contributed by atoms with van der Waals surface area (Å²) in [6.07, 6.45) is 3.91. The average molecular weight is 273 g/mol. The van der Waals surface area contributed by atoms with Crippen LogP contribution in [0, 0.1) is 5.41 Å². The van der Waals surface area contributed by atoms with Crippen molar-refractivity contribution in [1.82, 2.24) is 9.29 Å². The van der Waals surface area contributed by atoms with Gasteiger partial charge in [-0.1, -0.05) is 20.8 Å². The summed E-state index contributed by atoms with van der Waals surface area (Å²) in [6.45, 7) is 7.32. The monoisotopic (exact) mass is 273 g/mol. The Hall–Kier alpha value is -0.850. The summed E-state index contributed by atoms with van der Waals surface area (Å²) in [5.41, 5.74) is 5.46. The lowest BCUT2D eigenvalue weighted by Gasteiger charge is -2.30. The molecular weight excluding hydrogens is 250 g/mol. The Balaban J connectivity index is 2.99. The van der Waals surface area contributed by atoms with E-state index >= 15 is 0 Å². The molecule has 0 aliphatic carbocycles. The van der Waals surface area contributed by atoms with E-state index in [1.165, 1.54) is 10.5 Å². The van der Waals surface area contributed by atoms with Crippen molar-refractivity contribution < 1.29 is 8.42 Å². The van der Waals surface area contributed by atoms with Crippen LogP contribution in [0.4, 0.5) is 0 Å². The minimum atomic E-state index is -3.42. The fraction of sp³-hybridized carbons (Fsp3) is 0.667. The van der Waals surface area contributed by atoms with Crippen LogP contribution in [-0.2, 0) is 10.0 Å². The van der Waals surface area contributed by atoms with E-state index in [-0.39, 0.29) is 5.41 Å². The van der Waals surface area contributed by atoms with Crippen LogP contribution in [0.25, 0.3) is 0 Å². The van der Waals surface area contributed by atoms with E-state index in [0.717, 1.165) is 6.42 Å². The van der Waals surface area contributed by atoms with Gasteiger partial charge < -0.3 is 10.7 Å². The molecule has 18 heavy (non-hydrogen) atoms. The molecule has 5 nitrogen and oxygen atoms in total. The van der Waals surface area contributed by atoms with E-state index in [2.05, 4.69) is 4.98 Å². The van der Waals surface area contributed by atoms with Crippen molar-refractivity contribution in [2.24, 2.45) is 11.1 Å². The van der Waals surface area contributed by atoms with Crippen LogP contribution in [0.2, 0.25) is 0 Å². The Kier molecular flexibility index (Phi) is 4.95. The molecule has 6 heteroatoms. The van der Waals surface area contributed by atoms with E-state index < -0.39 is 10.0 Å². The average Bonchev–Trinajstić information content (AvgIpc) is 2.82. The minimum Gasteiger partial charge on any atom is -0.366 e. The third-order valence-corrected chi connectivity index (χ3v) is 4.68. The van der Waals surface area contributed by atoms with Gasteiger partial charge in [-0.15, -0.1) is 0 Å². The highest BCUT2D eigenvalue weighted by atomic mass is 32.2. The molecule has 0 fully saturated rings. The lowest BCUT2D eigenvalue weighted by molar-refractivity contribution is 0.266. The molecule has 1 rings (SSSR count). The van der Waals surface area contributed by atoms with E-state index in [0.29, 0.717) is 24.5 Å². The summed E-state index contributed by atoms with van der Waals surface area (Å²) >= 11 is 0. The SMILES string of the molecule is CCCN(CC(C)(C)CN)S(=O)(=O)c1cc[nH]c1. The van der Waals surface area contributed by atoms with Crippen LogP contribution in [0.5, 0.6) is 0 Å². The number of H-pyrrole nitrogens is 1. The second kappa shape index (κ2) is 5.86. The number of sulfonamides is 1. The quantitative estimate of drug-likeness (QED) is 0.788. The van der Waals surface area contributed by atoms with Crippen LogP contribution < -0.4 is 5.73 Å². The van der Waals surface area contributed by atoms with Gasteiger partial charge in [0.15, 0.2) is 0 Å². The minimum absolute atomic E-state index is 0.224. The van der Waals surface area contributed by atoms with E-state index in [4.69, 9.17) is 5.73 Å². The summed E-state index contributed by atoms with van der Waals surface area (Å²) in [4.78, 5) is 3.09. The van der Waals surface area contributed by atoms with E-state index in [9.17, 15) is 8.42 Å². The maximum Gasteiger partial charge on any atom is 0.244 e.